The first-order valence-electron chi connectivity index (χ1n) is 5.89. The standard InChI is InChI=1S/C13H14ClN3O2S/c1-8-5-10(17-19-8)7-15-13(18)16-9-3-4-12(20-2)11(14)6-9/h3-6H,7H2,1-2H3,(H2,15,16,18). The Labute approximate surface area is 126 Å². The minimum absolute atomic E-state index is 0.305. The van der Waals surface area contributed by atoms with Crippen LogP contribution >= 0.6 is 23.4 Å². The lowest BCUT2D eigenvalue weighted by Crippen LogP contribution is -2.28. The van der Waals surface area contributed by atoms with Gasteiger partial charge < -0.3 is 15.2 Å². The highest BCUT2D eigenvalue weighted by Crippen LogP contribution is 2.27. The van der Waals surface area contributed by atoms with Gasteiger partial charge in [0.05, 0.1) is 11.6 Å². The second-order valence-electron chi connectivity index (χ2n) is 4.09. The quantitative estimate of drug-likeness (QED) is 0.845. The molecule has 0 saturated heterocycles. The number of hydrogen-bond donors (Lipinski definition) is 2. The minimum Gasteiger partial charge on any atom is -0.361 e. The number of anilines is 1. The van der Waals surface area contributed by atoms with E-state index in [1.807, 2.05) is 12.3 Å². The molecule has 0 aliphatic rings. The number of thioether (sulfide) groups is 1. The maximum atomic E-state index is 11.7. The molecule has 0 saturated carbocycles. The van der Waals surface area contributed by atoms with Crippen molar-refractivity contribution < 1.29 is 9.32 Å². The molecule has 0 fully saturated rings. The number of halogens is 1. The molecule has 0 spiro atoms. The first-order chi connectivity index (χ1) is 9.58. The molecule has 0 aliphatic heterocycles. The van der Waals surface area contributed by atoms with E-state index in [4.69, 9.17) is 16.1 Å². The molecule has 0 radical (unpaired) electrons. The van der Waals surface area contributed by atoms with E-state index >= 15 is 0 Å². The number of carbonyl (C=O) groups excluding carboxylic acids is 1. The summed E-state index contributed by atoms with van der Waals surface area (Å²) < 4.78 is 4.91. The van der Waals surface area contributed by atoms with Crippen molar-refractivity contribution in [1.82, 2.24) is 10.5 Å². The molecule has 2 amide bonds. The number of benzene rings is 1. The van der Waals surface area contributed by atoms with Crippen LogP contribution in [-0.4, -0.2) is 17.4 Å². The molecule has 2 N–H and O–H groups in total. The van der Waals surface area contributed by atoms with Crippen LogP contribution in [0.25, 0.3) is 0 Å². The van der Waals surface area contributed by atoms with E-state index in [2.05, 4.69) is 15.8 Å². The van der Waals surface area contributed by atoms with Crippen molar-refractivity contribution in [2.24, 2.45) is 0 Å². The Bertz CT molecular complexity index is 615. The number of aryl methyl sites for hydroxylation is 1. The van der Waals surface area contributed by atoms with E-state index in [9.17, 15) is 4.79 Å². The van der Waals surface area contributed by atoms with Crippen molar-refractivity contribution in [1.29, 1.82) is 0 Å². The Morgan fingerprint density at radius 3 is 2.85 bits per heavy atom. The molecule has 106 valence electrons. The van der Waals surface area contributed by atoms with Gasteiger partial charge in [-0.25, -0.2) is 4.79 Å². The van der Waals surface area contributed by atoms with Crippen molar-refractivity contribution >= 4 is 35.1 Å². The summed E-state index contributed by atoms with van der Waals surface area (Å²) in [6, 6.07) is 6.83. The van der Waals surface area contributed by atoms with Crippen LogP contribution in [0.2, 0.25) is 5.02 Å². The van der Waals surface area contributed by atoms with E-state index in [1.54, 1.807) is 36.9 Å². The van der Waals surface area contributed by atoms with Gasteiger partial charge in [0, 0.05) is 16.6 Å². The second-order valence-corrected chi connectivity index (χ2v) is 5.34. The average Bonchev–Trinajstić information content (AvgIpc) is 2.82. The Morgan fingerprint density at radius 1 is 1.45 bits per heavy atom. The number of rotatable bonds is 4. The Morgan fingerprint density at radius 2 is 2.25 bits per heavy atom. The predicted molar refractivity (Wildman–Crippen MR) is 80.3 cm³/mol. The monoisotopic (exact) mass is 311 g/mol. The maximum Gasteiger partial charge on any atom is 0.319 e. The van der Waals surface area contributed by atoms with Crippen LogP contribution in [0.1, 0.15) is 11.5 Å². The fourth-order valence-electron chi connectivity index (χ4n) is 1.59. The van der Waals surface area contributed by atoms with E-state index < -0.39 is 0 Å². The molecular weight excluding hydrogens is 298 g/mol. The summed E-state index contributed by atoms with van der Waals surface area (Å²) in [6.07, 6.45) is 1.95. The maximum absolute atomic E-state index is 11.7. The van der Waals surface area contributed by atoms with Gasteiger partial charge in [-0.3, -0.25) is 0 Å². The van der Waals surface area contributed by atoms with Gasteiger partial charge in [-0.1, -0.05) is 16.8 Å². The van der Waals surface area contributed by atoms with Crippen LogP contribution in [0.3, 0.4) is 0 Å². The molecule has 5 nitrogen and oxygen atoms in total. The van der Waals surface area contributed by atoms with Crippen molar-refractivity contribution in [3.63, 3.8) is 0 Å². The molecule has 0 unspecified atom stereocenters. The predicted octanol–water partition coefficient (Wildman–Crippen LogP) is 3.68. The molecule has 1 heterocycles. The van der Waals surface area contributed by atoms with Gasteiger partial charge in [0.2, 0.25) is 0 Å². The number of nitrogens with zero attached hydrogens (tertiary/aromatic N) is 1. The van der Waals surface area contributed by atoms with E-state index in [1.165, 1.54) is 0 Å². The molecule has 1 aromatic heterocycles. The average molecular weight is 312 g/mol. The summed E-state index contributed by atoms with van der Waals surface area (Å²) in [7, 11) is 0. The molecule has 2 aromatic rings. The third-order valence-corrected chi connectivity index (χ3v) is 3.74. The molecular formula is C13H14ClN3O2S. The van der Waals surface area contributed by atoms with E-state index in [-0.39, 0.29) is 6.03 Å². The Balaban J connectivity index is 1.89. The number of aromatic nitrogens is 1. The number of nitrogens with one attached hydrogen (secondary N) is 2. The van der Waals surface area contributed by atoms with Crippen LogP contribution < -0.4 is 10.6 Å². The third kappa shape index (κ3) is 3.91. The fraction of sp³-hybridized carbons (Fsp3) is 0.231. The van der Waals surface area contributed by atoms with Crippen LogP contribution in [0.5, 0.6) is 0 Å². The molecule has 1 aromatic carbocycles. The van der Waals surface area contributed by atoms with E-state index in [0.29, 0.717) is 28.7 Å². The number of carbonyl (C=O) groups is 1. The zero-order valence-corrected chi connectivity index (χ0v) is 12.6. The summed E-state index contributed by atoms with van der Waals surface area (Å²) in [6.45, 7) is 2.10. The lowest BCUT2D eigenvalue weighted by atomic mass is 10.3. The van der Waals surface area contributed by atoms with Gasteiger partial charge in [-0.2, -0.15) is 0 Å². The molecule has 20 heavy (non-hydrogen) atoms. The lowest BCUT2D eigenvalue weighted by Gasteiger charge is -2.08. The van der Waals surface area contributed by atoms with Gasteiger partial charge in [0.1, 0.15) is 11.5 Å². The zero-order valence-electron chi connectivity index (χ0n) is 11.1. The highest BCUT2D eigenvalue weighted by molar-refractivity contribution is 7.98. The Hall–Kier alpha value is -1.66. The van der Waals surface area contributed by atoms with Gasteiger partial charge in [-0.05, 0) is 31.4 Å². The lowest BCUT2D eigenvalue weighted by molar-refractivity contribution is 0.251. The van der Waals surface area contributed by atoms with Gasteiger partial charge >= 0.3 is 6.03 Å². The second kappa shape index (κ2) is 6.67. The summed E-state index contributed by atoms with van der Waals surface area (Å²) in [4.78, 5) is 12.7. The number of urea groups is 1. The number of amides is 2. The normalized spacial score (nSPS) is 10.3. The van der Waals surface area contributed by atoms with Crippen molar-refractivity contribution in [2.45, 2.75) is 18.4 Å². The third-order valence-electron chi connectivity index (χ3n) is 2.52. The minimum atomic E-state index is -0.321. The Kier molecular flexibility index (Phi) is 4.92. The van der Waals surface area contributed by atoms with Crippen LogP contribution in [0.15, 0.2) is 33.7 Å². The smallest absolute Gasteiger partial charge is 0.319 e. The highest BCUT2D eigenvalue weighted by Gasteiger charge is 2.06. The summed E-state index contributed by atoms with van der Waals surface area (Å²) in [5, 5.41) is 9.80. The molecule has 0 atom stereocenters. The van der Waals surface area contributed by atoms with Crippen molar-refractivity contribution in [2.75, 3.05) is 11.6 Å². The topological polar surface area (TPSA) is 67.2 Å². The van der Waals surface area contributed by atoms with Crippen LogP contribution in [0, 0.1) is 6.92 Å². The van der Waals surface area contributed by atoms with E-state index in [0.717, 1.165) is 4.90 Å². The van der Waals surface area contributed by atoms with Gasteiger partial charge in [0.15, 0.2) is 0 Å². The van der Waals surface area contributed by atoms with Gasteiger partial charge in [-0.15, -0.1) is 11.8 Å². The van der Waals surface area contributed by atoms with Crippen molar-refractivity contribution in [3.8, 4) is 0 Å². The SMILES string of the molecule is CSc1ccc(NC(=O)NCc2cc(C)on2)cc1Cl. The van der Waals surface area contributed by atoms with Gasteiger partial charge in [0.25, 0.3) is 0 Å². The fourth-order valence-corrected chi connectivity index (χ4v) is 2.46. The van der Waals surface area contributed by atoms with Crippen LogP contribution in [-0.2, 0) is 6.54 Å². The molecule has 2 rings (SSSR count). The largest absolute Gasteiger partial charge is 0.361 e. The summed E-state index contributed by atoms with van der Waals surface area (Å²) in [5.41, 5.74) is 1.31. The summed E-state index contributed by atoms with van der Waals surface area (Å²) in [5.74, 6) is 0.710. The molecule has 0 bridgehead atoms. The first-order valence-corrected chi connectivity index (χ1v) is 7.49. The van der Waals surface area contributed by atoms with Crippen molar-refractivity contribution in [3.05, 3.63) is 40.7 Å². The highest BCUT2D eigenvalue weighted by atomic mass is 35.5. The van der Waals surface area contributed by atoms with Crippen LogP contribution in [0.4, 0.5) is 10.5 Å². The molecule has 0 aliphatic carbocycles. The summed E-state index contributed by atoms with van der Waals surface area (Å²) >= 11 is 7.63. The molecule has 7 heteroatoms. The number of hydrogen-bond acceptors (Lipinski definition) is 4. The first kappa shape index (κ1) is 14.7. The zero-order chi connectivity index (χ0) is 14.5.